The van der Waals surface area contributed by atoms with Gasteiger partial charge < -0.3 is 15.6 Å². The van der Waals surface area contributed by atoms with Gasteiger partial charge in [-0.2, -0.15) is 0 Å². The third kappa shape index (κ3) is 1.07. The van der Waals surface area contributed by atoms with Crippen LogP contribution in [0.25, 0.3) is 0 Å². The van der Waals surface area contributed by atoms with Crippen molar-refractivity contribution in [3.8, 4) is 5.75 Å². The summed E-state index contributed by atoms with van der Waals surface area (Å²) in [4.78, 5) is 0. The summed E-state index contributed by atoms with van der Waals surface area (Å²) in [6, 6.07) is 7.21. The van der Waals surface area contributed by atoms with Gasteiger partial charge in [-0.05, 0) is 6.07 Å². The molecule has 3 nitrogen and oxygen atoms in total. The molecule has 1 aliphatic heterocycles. The van der Waals surface area contributed by atoms with E-state index >= 15 is 0 Å². The minimum absolute atomic E-state index is 0.290. The normalized spacial score (nSPS) is 27.5. The minimum Gasteiger partial charge on any atom is -0.490 e. The van der Waals surface area contributed by atoms with E-state index in [1.807, 2.05) is 24.3 Å². The van der Waals surface area contributed by atoms with E-state index in [1.54, 1.807) is 0 Å². The van der Waals surface area contributed by atoms with Crippen LogP contribution < -0.4 is 10.5 Å². The van der Waals surface area contributed by atoms with E-state index in [-0.39, 0.29) is 12.6 Å². The fraction of sp³-hybridized carbons (Fsp3) is 0.333. The van der Waals surface area contributed by atoms with E-state index < -0.39 is 6.10 Å². The third-order valence-electron chi connectivity index (χ3n) is 2.10. The lowest BCUT2D eigenvalue weighted by atomic mass is 9.99. The van der Waals surface area contributed by atoms with Gasteiger partial charge in [0.1, 0.15) is 18.5 Å². The first-order valence-electron chi connectivity index (χ1n) is 3.94. The van der Waals surface area contributed by atoms with Crippen molar-refractivity contribution in [3.63, 3.8) is 0 Å². The van der Waals surface area contributed by atoms with Gasteiger partial charge in [0.05, 0.1) is 6.04 Å². The summed E-state index contributed by atoms with van der Waals surface area (Å²) in [5.41, 5.74) is 6.65. The number of aliphatic hydroxyl groups excluding tert-OH is 1. The molecule has 64 valence electrons. The SMILES string of the molecule is N[C@H]1c2ccccc2OC[C@@H]1O. The van der Waals surface area contributed by atoms with E-state index in [2.05, 4.69) is 0 Å². The maximum Gasteiger partial charge on any atom is 0.124 e. The standard InChI is InChI=1S/C9H11NO2/c10-9-6-3-1-2-4-8(6)12-5-7(9)11/h1-4,7,9,11H,5,10H2/t7-,9-/m0/s1. The quantitative estimate of drug-likeness (QED) is 0.586. The van der Waals surface area contributed by atoms with Crippen molar-refractivity contribution in [1.82, 2.24) is 0 Å². The van der Waals surface area contributed by atoms with Crippen LogP contribution in [0.4, 0.5) is 0 Å². The maximum absolute atomic E-state index is 9.37. The zero-order chi connectivity index (χ0) is 8.55. The molecule has 2 rings (SSSR count). The summed E-state index contributed by atoms with van der Waals surface area (Å²) >= 11 is 0. The van der Waals surface area contributed by atoms with Crippen LogP contribution in [-0.2, 0) is 0 Å². The van der Waals surface area contributed by atoms with Crippen LogP contribution in [0.3, 0.4) is 0 Å². The molecule has 3 heteroatoms. The second kappa shape index (κ2) is 2.77. The third-order valence-corrected chi connectivity index (χ3v) is 2.10. The molecular formula is C9H11NO2. The fourth-order valence-corrected chi connectivity index (χ4v) is 1.37. The first-order valence-corrected chi connectivity index (χ1v) is 3.94. The molecule has 1 aromatic rings. The zero-order valence-electron chi connectivity index (χ0n) is 6.60. The predicted octanol–water partition coefficient (Wildman–Crippen LogP) is 0.440. The number of aliphatic hydroxyl groups is 1. The summed E-state index contributed by atoms with van der Waals surface area (Å²) in [7, 11) is 0. The van der Waals surface area contributed by atoms with Crippen LogP contribution in [0.1, 0.15) is 11.6 Å². The second-order valence-corrected chi connectivity index (χ2v) is 2.94. The van der Waals surface area contributed by atoms with Gasteiger partial charge in [0.2, 0.25) is 0 Å². The molecule has 0 aliphatic carbocycles. The molecule has 1 aromatic carbocycles. The molecule has 12 heavy (non-hydrogen) atoms. The molecule has 2 atom stereocenters. The molecule has 0 aromatic heterocycles. The molecule has 0 fully saturated rings. The zero-order valence-corrected chi connectivity index (χ0v) is 6.60. The van der Waals surface area contributed by atoms with Crippen molar-refractivity contribution in [1.29, 1.82) is 0 Å². The predicted molar refractivity (Wildman–Crippen MR) is 44.9 cm³/mol. The van der Waals surface area contributed by atoms with Crippen molar-refractivity contribution in [3.05, 3.63) is 29.8 Å². The van der Waals surface area contributed by atoms with Gasteiger partial charge in [-0.15, -0.1) is 0 Å². The first kappa shape index (κ1) is 7.58. The highest BCUT2D eigenvalue weighted by atomic mass is 16.5. The van der Waals surface area contributed by atoms with Gasteiger partial charge in [0.15, 0.2) is 0 Å². The lowest BCUT2D eigenvalue weighted by Gasteiger charge is -2.27. The Labute approximate surface area is 70.8 Å². The van der Waals surface area contributed by atoms with E-state index in [4.69, 9.17) is 10.5 Å². The number of nitrogens with two attached hydrogens (primary N) is 1. The number of hydrogen-bond donors (Lipinski definition) is 2. The van der Waals surface area contributed by atoms with Crippen LogP contribution in [0.2, 0.25) is 0 Å². The van der Waals surface area contributed by atoms with Crippen molar-refractivity contribution in [2.75, 3.05) is 6.61 Å². The Kier molecular flexibility index (Phi) is 1.75. The van der Waals surface area contributed by atoms with E-state index in [9.17, 15) is 5.11 Å². The highest BCUT2D eigenvalue weighted by Gasteiger charge is 2.25. The highest BCUT2D eigenvalue weighted by Crippen LogP contribution is 2.29. The summed E-state index contributed by atoms with van der Waals surface area (Å²) in [6.45, 7) is 0.290. The molecule has 1 heterocycles. The first-order chi connectivity index (χ1) is 5.79. The molecule has 0 saturated heterocycles. The summed E-state index contributed by atoms with van der Waals surface area (Å²) in [5, 5.41) is 9.37. The van der Waals surface area contributed by atoms with E-state index in [0.29, 0.717) is 0 Å². The molecular weight excluding hydrogens is 154 g/mol. The number of hydrogen-bond acceptors (Lipinski definition) is 3. The average Bonchev–Trinajstić information content (AvgIpc) is 2.12. The Hall–Kier alpha value is -1.06. The minimum atomic E-state index is -0.583. The van der Waals surface area contributed by atoms with Gasteiger partial charge in [-0.25, -0.2) is 0 Å². The Morgan fingerprint density at radius 3 is 3.00 bits per heavy atom. The number of rotatable bonds is 0. The van der Waals surface area contributed by atoms with E-state index in [1.165, 1.54) is 0 Å². The number of para-hydroxylation sites is 1. The van der Waals surface area contributed by atoms with Gasteiger partial charge >= 0.3 is 0 Å². The Morgan fingerprint density at radius 1 is 1.42 bits per heavy atom. The smallest absolute Gasteiger partial charge is 0.124 e. The van der Waals surface area contributed by atoms with Crippen LogP contribution in [-0.4, -0.2) is 17.8 Å². The number of benzene rings is 1. The van der Waals surface area contributed by atoms with Gasteiger partial charge in [-0.1, -0.05) is 18.2 Å². The van der Waals surface area contributed by atoms with Crippen LogP contribution >= 0.6 is 0 Å². The van der Waals surface area contributed by atoms with Crippen molar-refractivity contribution < 1.29 is 9.84 Å². The second-order valence-electron chi connectivity index (χ2n) is 2.94. The molecule has 1 aliphatic rings. The maximum atomic E-state index is 9.37. The molecule has 0 unspecified atom stereocenters. The monoisotopic (exact) mass is 165 g/mol. The summed E-state index contributed by atoms with van der Waals surface area (Å²) < 4.78 is 5.28. The van der Waals surface area contributed by atoms with Gasteiger partial charge in [0.25, 0.3) is 0 Å². The number of ether oxygens (including phenoxy) is 1. The molecule has 0 spiro atoms. The molecule has 0 saturated carbocycles. The molecule has 0 amide bonds. The Morgan fingerprint density at radius 2 is 2.17 bits per heavy atom. The van der Waals surface area contributed by atoms with Crippen LogP contribution in [0.15, 0.2) is 24.3 Å². The van der Waals surface area contributed by atoms with Crippen LogP contribution in [0, 0.1) is 0 Å². The molecule has 0 radical (unpaired) electrons. The van der Waals surface area contributed by atoms with Crippen LogP contribution in [0.5, 0.6) is 5.75 Å². The fourth-order valence-electron chi connectivity index (χ4n) is 1.37. The molecule has 0 bridgehead atoms. The lowest BCUT2D eigenvalue weighted by molar-refractivity contribution is 0.0679. The topological polar surface area (TPSA) is 55.5 Å². The lowest BCUT2D eigenvalue weighted by Crippen LogP contribution is -2.35. The summed E-state index contributed by atoms with van der Waals surface area (Å²) in [5.74, 6) is 0.787. The van der Waals surface area contributed by atoms with E-state index in [0.717, 1.165) is 11.3 Å². The average molecular weight is 165 g/mol. The Balaban J connectivity index is 2.42. The number of fused-ring (bicyclic) bond motifs is 1. The summed E-state index contributed by atoms with van der Waals surface area (Å²) in [6.07, 6.45) is -0.583. The van der Waals surface area contributed by atoms with Crippen molar-refractivity contribution >= 4 is 0 Å². The highest BCUT2D eigenvalue weighted by molar-refractivity contribution is 5.37. The van der Waals surface area contributed by atoms with Gasteiger partial charge in [0, 0.05) is 5.56 Å². The largest absolute Gasteiger partial charge is 0.490 e. The van der Waals surface area contributed by atoms with Crippen molar-refractivity contribution in [2.45, 2.75) is 12.1 Å². The van der Waals surface area contributed by atoms with Gasteiger partial charge in [-0.3, -0.25) is 0 Å². The Bertz CT molecular complexity index is 288. The molecule has 3 N–H and O–H groups in total. The van der Waals surface area contributed by atoms with Crippen molar-refractivity contribution in [2.24, 2.45) is 5.73 Å².